The number of aromatic nitrogens is 2. The number of fused-ring (bicyclic) bond motifs is 1. The largest absolute Gasteiger partial charge is 0.491 e. The Bertz CT molecular complexity index is 1310. The number of aryl methyl sites for hydroxylation is 2. The molecule has 0 aliphatic carbocycles. The molecular formula is C21H25N3O5S. The van der Waals surface area contributed by atoms with E-state index in [0.717, 1.165) is 9.87 Å². The van der Waals surface area contributed by atoms with Crippen molar-refractivity contribution in [3.8, 4) is 5.75 Å². The van der Waals surface area contributed by atoms with Crippen molar-refractivity contribution in [2.75, 3.05) is 20.7 Å². The molecule has 0 N–H and O–H groups in total. The van der Waals surface area contributed by atoms with Gasteiger partial charge in [0.2, 0.25) is 10.0 Å². The highest BCUT2D eigenvalue weighted by atomic mass is 32.2. The normalized spacial score (nSPS) is 11.9. The third kappa shape index (κ3) is 3.90. The summed E-state index contributed by atoms with van der Waals surface area (Å²) >= 11 is 0. The number of rotatable bonds is 7. The molecule has 0 aliphatic rings. The van der Waals surface area contributed by atoms with Crippen LogP contribution in [0.15, 0.2) is 56.9 Å². The predicted molar refractivity (Wildman–Crippen MR) is 116 cm³/mol. The highest BCUT2D eigenvalue weighted by Gasteiger charge is 2.20. The van der Waals surface area contributed by atoms with Crippen LogP contribution in [-0.2, 0) is 23.1 Å². The van der Waals surface area contributed by atoms with E-state index in [0.29, 0.717) is 23.3 Å². The van der Waals surface area contributed by atoms with E-state index < -0.39 is 21.1 Å². The van der Waals surface area contributed by atoms with Gasteiger partial charge in [-0.25, -0.2) is 12.7 Å². The second-order valence-electron chi connectivity index (χ2n) is 7.06. The van der Waals surface area contributed by atoms with Gasteiger partial charge in [0.1, 0.15) is 12.4 Å². The second-order valence-corrected chi connectivity index (χ2v) is 9.21. The van der Waals surface area contributed by atoms with Gasteiger partial charge in [-0.1, -0.05) is 18.2 Å². The first-order valence-corrected chi connectivity index (χ1v) is 11.0. The maximum Gasteiger partial charge on any atom is 0.317 e. The Labute approximate surface area is 175 Å². The molecule has 0 aliphatic heterocycles. The summed E-state index contributed by atoms with van der Waals surface area (Å²) in [4.78, 5) is 25.4. The summed E-state index contributed by atoms with van der Waals surface area (Å²) in [6.07, 6.45) is 0. The summed E-state index contributed by atoms with van der Waals surface area (Å²) in [7, 11) is -0.817. The van der Waals surface area contributed by atoms with Crippen LogP contribution in [-0.4, -0.2) is 42.6 Å². The lowest BCUT2D eigenvalue weighted by atomic mass is 10.2. The third-order valence-electron chi connectivity index (χ3n) is 4.96. The van der Waals surface area contributed by atoms with E-state index in [9.17, 15) is 18.0 Å². The Balaban J connectivity index is 2.11. The van der Waals surface area contributed by atoms with Gasteiger partial charge in [-0.3, -0.25) is 14.2 Å². The minimum atomic E-state index is -3.70. The van der Waals surface area contributed by atoms with Crippen molar-refractivity contribution in [3.05, 3.63) is 68.7 Å². The van der Waals surface area contributed by atoms with Crippen molar-refractivity contribution in [3.63, 3.8) is 0 Å². The fourth-order valence-corrected chi connectivity index (χ4v) is 4.19. The van der Waals surface area contributed by atoms with Gasteiger partial charge < -0.3 is 9.30 Å². The zero-order valence-electron chi connectivity index (χ0n) is 17.5. The Kier molecular flexibility index (Phi) is 6.14. The van der Waals surface area contributed by atoms with Crippen LogP contribution >= 0.6 is 0 Å². The van der Waals surface area contributed by atoms with Crippen molar-refractivity contribution in [1.29, 1.82) is 0 Å². The van der Waals surface area contributed by atoms with Gasteiger partial charge >= 0.3 is 11.1 Å². The van der Waals surface area contributed by atoms with Crippen LogP contribution in [0.1, 0.15) is 12.5 Å². The van der Waals surface area contributed by atoms with Crippen LogP contribution in [0.4, 0.5) is 0 Å². The Morgan fingerprint density at radius 3 is 2.27 bits per heavy atom. The lowest BCUT2D eigenvalue weighted by Gasteiger charge is -2.17. The van der Waals surface area contributed by atoms with E-state index in [2.05, 4.69) is 0 Å². The van der Waals surface area contributed by atoms with E-state index in [4.69, 9.17) is 4.74 Å². The average molecular weight is 432 g/mol. The number of ether oxygens (including phenoxy) is 1. The van der Waals surface area contributed by atoms with Crippen LogP contribution in [0, 0.1) is 6.92 Å². The highest BCUT2D eigenvalue weighted by molar-refractivity contribution is 7.89. The van der Waals surface area contributed by atoms with E-state index in [1.165, 1.54) is 35.4 Å². The van der Waals surface area contributed by atoms with Crippen molar-refractivity contribution in [1.82, 2.24) is 13.4 Å². The van der Waals surface area contributed by atoms with Crippen molar-refractivity contribution >= 4 is 21.1 Å². The molecule has 3 aromatic rings. The maximum atomic E-state index is 12.8. The molecule has 0 amide bonds. The molecule has 0 unspecified atom stereocenters. The molecule has 0 radical (unpaired) electrons. The van der Waals surface area contributed by atoms with E-state index >= 15 is 0 Å². The summed E-state index contributed by atoms with van der Waals surface area (Å²) < 4.78 is 34.7. The first kappa shape index (κ1) is 21.8. The number of hydrogen-bond donors (Lipinski definition) is 0. The van der Waals surface area contributed by atoms with Crippen LogP contribution in [0.25, 0.3) is 11.0 Å². The van der Waals surface area contributed by atoms with Gasteiger partial charge in [0.25, 0.3) is 0 Å². The first-order chi connectivity index (χ1) is 14.2. The zero-order chi connectivity index (χ0) is 22.1. The van der Waals surface area contributed by atoms with Crippen LogP contribution < -0.4 is 15.9 Å². The molecule has 1 aromatic heterocycles. The smallest absolute Gasteiger partial charge is 0.317 e. The van der Waals surface area contributed by atoms with Crippen LogP contribution in [0.3, 0.4) is 0 Å². The van der Waals surface area contributed by atoms with E-state index in [1.54, 1.807) is 13.0 Å². The monoisotopic (exact) mass is 431 g/mol. The minimum Gasteiger partial charge on any atom is -0.491 e. The van der Waals surface area contributed by atoms with Crippen molar-refractivity contribution in [2.45, 2.75) is 31.8 Å². The van der Waals surface area contributed by atoms with Crippen molar-refractivity contribution < 1.29 is 13.2 Å². The van der Waals surface area contributed by atoms with Gasteiger partial charge in [0.15, 0.2) is 0 Å². The molecule has 0 spiro atoms. The minimum absolute atomic E-state index is 0.0503. The number of sulfonamides is 1. The quantitative estimate of drug-likeness (QED) is 0.532. The molecule has 8 nitrogen and oxygen atoms in total. The number of hydrogen-bond acceptors (Lipinski definition) is 5. The fraction of sp³-hybridized carbons (Fsp3) is 0.333. The molecular weight excluding hydrogens is 406 g/mol. The topological polar surface area (TPSA) is 90.6 Å². The van der Waals surface area contributed by atoms with E-state index in [1.807, 2.05) is 31.2 Å². The predicted octanol–water partition coefficient (Wildman–Crippen LogP) is 1.82. The van der Waals surface area contributed by atoms with Gasteiger partial charge in [0.05, 0.1) is 22.5 Å². The lowest BCUT2D eigenvalue weighted by Crippen LogP contribution is -2.42. The summed E-state index contributed by atoms with van der Waals surface area (Å²) in [6.45, 7) is 4.23. The van der Waals surface area contributed by atoms with Gasteiger partial charge in [-0.05, 0) is 43.7 Å². The standard InChI is InChI=1S/C21H25N3O5S/c1-5-23-17-11-10-16(30(27,28)22(3)4)14-18(17)24(21(26)20(23)25)12-13-29-19-9-7-6-8-15(19)2/h6-11,14H,5,12-13H2,1-4H3. The molecule has 30 heavy (non-hydrogen) atoms. The number of nitrogens with zero attached hydrogens (tertiary/aromatic N) is 3. The Morgan fingerprint density at radius 1 is 0.967 bits per heavy atom. The van der Waals surface area contributed by atoms with E-state index in [-0.39, 0.29) is 18.0 Å². The number of benzene rings is 2. The summed E-state index contributed by atoms with van der Waals surface area (Å²) in [5.41, 5.74) is 0.463. The molecule has 1 heterocycles. The van der Waals surface area contributed by atoms with Gasteiger partial charge in [-0.2, -0.15) is 0 Å². The first-order valence-electron chi connectivity index (χ1n) is 9.56. The Hall–Kier alpha value is -2.91. The molecule has 160 valence electrons. The van der Waals surface area contributed by atoms with Crippen LogP contribution in [0.2, 0.25) is 0 Å². The molecule has 0 bridgehead atoms. The van der Waals surface area contributed by atoms with Crippen molar-refractivity contribution in [2.24, 2.45) is 0 Å². The third-order valence-corrected chi connectivity index (χ3v) is 6.77. The molecule has 0 saturated heterocycles. The molecule has 0 fully saturated rings. The summed E-state index contributed by atoms with van der Waals surface area (Å²) in [5, 5.41) is 0. The molecule has 0 saturated carbocycles. The van der Waals surface area contributed by atoms with Gasteiger partial charge in [0, 0.05) is 20.6 Å². The Morgan fingerprint density at radius 2 is 1.63 bits per heavy atom. The lowest BCUT2D eigenvalue weighted by molar-refractivity contribution is 0.296. The molecule has 2 aromatic carbocycles. The molecule has 3 rings (SSSR count). The second kappa shape index (κ2) is 8.45. The van der Waals surface area contributed by atoms with Crippen LogP contribution in [0.5, 0.6) is 5.75 Å². The van der Waals surface area contributed by atoms with Gasteiger partial charge in [-0.15, -0.1) is 0 Å². The molecule has 0 atom stereocenters. The zero-order valence-corrected chi connectivity index (χ0v) is 18.3. The maximum absolute atomic E-state index is 12.8. The SMILES string of the molecule is CCn1c(=O)c(=O)n(CCOc2ccccc2C)c2cc(S(=O)(=O)N(C)C)ccc21. The summed E-state index contributed by atoms with van der Waals surface area (Å²) in [6, 6.07) is 11.9. The molecule has 9 heteroatoms. The summed E-state index contributed by atoms with van der Waals surface area (Å²) in [5.74, 6) is 0.688. The average Bonchev–Trinajstić information content (AvgIpc) is 2.72. The fourth-order valence-electron chi connectivity index (χ4n) is 3.27. The highest BCUT2D eigenvalue weighted by Crippen LogP contribution is 2.20. The number of para-hydroxylation sites is 1.